The number of hydrogen-bond acceptors (Lipinski definition) is 6. The van der Waals surface area contributed by atoms with E-state index in [1.165, 1.54) is 11.3 Å². The van der Waals surface area contributed by atoms with Crippen LogP contribution >= 0.6 is 11.3 Å². The van der Waals surface area contributed by atoms with Crippen LogP contribution < -0.4 is 5.32 Å². The number of carbonyl (C=O) groups is 1. The van der Waals surface area contributed by atoms with Gasteiger partial charge < -0.3 is 14.6 Å². The molecule has 0 atom stereocenters. The molecule has 1 aliphatic rings. The van der Waals surface area contributed by atoms with Gasteiger partial charge in [-0.2, -0.15) is 0 Å². The first kappa shape index (κ1) is 16.1. The standard InChI is InChI=1S/C15H21N5O2S/c21-14(2-1-4-20-5-3-16-12-20)18-15-17-13(11-23-15)10-19-6-8-22-9-7-19/h3,5,11-12H,1-2,4,6-10H2,(H,17,18,21). The predicted molar refractivity (Wildman–Crippen MR) is 88.3 cm³/mol. The molecular formula is C15H21N5O2S. The van der Waals surface area contributed by atoms with Crippen molar-refractivity contribution in [1.29, 1.82) is 0 Å². The van der Waals surface area contributed by atoms with Crippen LogP contribution in [0.5, 0.6) is 0 Å². The fraction of sp³-hybridized carbons (Fsp3) is 0.533. The van der Waals surface area contributed by atoms with Crippen LogP contribution in [0.15, 0.2) is 24.1 Å². The summed E-state index contributed by atoms with van der Waals surface area (Å²) < 4.78 is 7.31. The maximum atomic E-state index is 11.9. The van der Waals surface area contributed by atoms with Gasteiger partial charge in [-0.15, -0.1) is 11.3 Å². The molecule has 0 aromatic carbocycles. The van der Waals surface area contributed by atoms with Crippen molar-refractivity contribution in [2.24, 2.45) is 0 Å². The first-order valence-electron chi connectivity index (χ1n) is 7.80. The van der Waals surface area contributed by atoms with Gasteiger partial charge in [0.05, 0.1) is 25.2 Å². The molecule has 0 radical (unpaired) electrons. The van der Waals surface area contributed by atoms with Crippen LogP contribution in [-0.2, 0) is 22.6 Å². The van der Waals surface area contributed by atoms with Gasteiger partial charge in [-0.05, 0) is 6.42 Å². The van der Waals surface area contributed by atoms with Crippen LogP contribution in [0.1, 0.15) is 18.5 Å². The lowest BCUT2D eigenvalue weighted by Crippen LogP contribution is -2.35. The van der Waals surface area contributed by atoms with Gasteiger partial charge >= 0.3 is 0 Å². The van der Waals surface area contributed by atoms with Gasteiger partial charge in [0.25, 0.3) is 0 Å². The molecule has 0 saturated carbocycles. The zero-order valence-corrected chi connectivity index (χ0v) is 13.8. The molecule has 23 heavy (non-hydrogen) atoms. The van der Waals surface area contributed by atoms with Crippen LogP contribution in [0.2, 0.25) is 0 Å². The highest BCUT2D eigenvalue weighted by atomic mass is 32.1. The summed E-state index contributed by atoms with van der Waals surface area (Å²) in [6.07, 6.45) is 6.67. The SMILES string of the molecule is O=C(CCCn1ccnc1)Nc1nc(CN2CCOCC2)cs1. The number of aryl methyl sites for hydroxylation is 1. The fourth-order valence-electron chi connectivity index (χ4n) is 2.45. The molecule has 3 rings (SSSR count). The van der Waals surface area contributed by atoms with Crippen LogP contribution in [-0.4, -0.2) is 51.6 Å². The largest absolute Gasteiger partial charge is 0.379 e. The average Bonchev–Trinajstić information content (AvgIpc) is 3.21. The average molecular weight is 335 g/mol. The Labute approximate surface area is 139 Å². The molecule has 0 spiro atoms. The summed E-state index contributed by atoms with van der Waals surface area (Å²) in [6, 6.07) is 0. The normalized spacial score (nSPS) is 15.7. The van der Waals surface area contributed by atoms with Gasteiger partial charge in [0, 0.05) is 50.4 Å². The Kier molecular flexibility index (Phi) is 5.73. The number of anilines is 1. The van der Waals surface area contributed by atoms with Crippen LogP contribution in [0.25, 0.3) is 0 Å². The Morgan fingerprint density at radius 1 is 1.39 bits per heavy atom. The zero-order valence-electron chi connectivity index (χ0n) is 13.0. The molecule has 124 valence electrons. The van der Waals surface area contributed by atoms with Crippen molar-refractivity contribution < 1.29 is 9.53 Å². The van der Waals surface area contributed by atoms with Crippen molar-refractivity contribution in [2.45, 2.75) is 25.9 Å². The summed E-state index contributed by atoms with van der Waals surface area (Å²) in [4.78, 5) is 22.7. The van der Waals surface area contributed by atoms with Crippen molar-refractivity contribution in [1.82, 2.24) is 19.4 Å². The number of carbonyl (C=O) groups excluding carboxylic acids is 1. The summed E-state index contributed by atoms with van der Waals surface area (Å²) >= 11 is 1.48. The second-order valence-corrected chi connectivity index (χ2v) is 6.34. The van der Waals surface area contributed by atoms with Crippen LogP contribution in [0.3, 0.4) is 0 Å². The van der Waals surface area contributed by atoms with E-state index in [9.17, 15) is 4.79 Å². The number of rotatable bonds is 7. The first-order valence-corrected chi connectivity index (χ1v) is 8.67. The second kappa shape index (κ2) is 8.19. The smallest absolute Gasteiger partial charge is 0.226 e. The Hall–Kier alpha value is -1.77. The molecule has 1 N–H and O–H groups in total. The number of thiazole rings is 1. The van der Waals surface area contributed by atoms with E-state index in [1.54, 1.807) is 12.5 Å². The highest BCUT2D eigenvalue weighted by Crippen LogP contribution is 2.17. The molecule has 7 nitrogen and oxygen atoms in total. The molecule has 0 unspecified atom stereocenters. The Morgan fingerprint density at radius 3 is 3.04 bits per heavy atom. The predicted octanol–water partition coefficient (Wildman–Crippen LogP) is 1.59. The minimum absolute atomic E-state index is 0.0115. The molecule has 2 aromatic rings. The maximum Gasteiger partial charge on any atom is 0.226 e. The molecule has 1 saturated heterocycles. The maximum absolute atomic E-state index is 11.9. The molecule has 3 heterocycles. The lowest BCUT2D eigenvalue weighted by Gasteiger charge is -2.25. The van der Waals surface area contributed by atoms with E-state index >= 15 is 0 Å². The Bertz CT molecular complexity index is 607. The first-order chi connectivity index (χ1) is 11.3. The molecular weight excluding hydrogens is 314 g/mol. The third-order valence-corrected chi connectivity index (χ3v) is 4.47. The minimum Gasteiger partial charge on any atom is -0.379 e. The van der Waals surface area contributed by atoms with Gasteiger partial charge in [0.1, 0.15) is 0 Å². The summed E-state index contributed by atoms with van der Waals surface area (Å²) in [5.41, 5.74) is 1.01. The van der Waals surface area contributed by atoms with Gasteiger partial charge in [-0.25, -0.2) is 9.97 Å². The summed E-state index contributed by atoms with van der Waals surface area (Å²) in [5.74, 6) is 0.0115. The second-order valence-electron chi connectivity index (χ2n) is 5.48. The fourth-order valence-corrected chi connectivity index (χ4v) is 3.17. The highest BCUT2D eigenvalue weighted by Gasteiger charge is 2.13. The van der Waals surface area contributed by atoms with Crippen LogP contribution in [0.4, 0.5) is 5.13 Å². The van der Waals surface area contributed by atoms with Crippen LogP contribution in [0, 0.1) is 0 Å². The van der Waals surface area contributed by atoms with Gasteiger partial charge in [-0.1, -0.05) is 0 Å². The molecule has 1 amide bonds. The van der Waals surface area contributed by atoms with E-state index in [1.807, 2.05) is 16.1 Å². The number of aromatic nitrogens is 3. The number of amides is 1. The summed E-state index contributed by atoms with van der Waals surface area (Å²) in [7, 11) is 0. The van der Waals surface area contributed by atoms with Crippen molar-refractivity contribution in [3.8, 4) is 0 Å². The van der Waals surface area contributed by atoms with E-state index in [4.69, 9.17) is 4.74 Å². The number of nitrogens with zero attached hydrogens (tertiary/aromatic N) is 4. The summed E-state index contributed by atoms with van der Waals surface area (Å²) in [5, 5.41) is 5.57. The van der Waals surface area contributed by atoms with Crippen molar-refractivity contribution in [3.05, 3.63) is 29.8 Å². The molecule has 0 aliphatic carbocycles. The van der Waals surface area contributed by atoms with Gasteiger partial charge in [-0.3, -0.25) is 9.69 Å². The third-order valence-electron chi connectivity index (χ3n) is 3.67. The van der Waals surface area contributed by atoms with E-state index in [2.05, 4.69) is 20.2 Å². The van der Waals surface area contributed by atoms with Crippen molar-refractivity contribution in [3.63, 3.8) is 0 Å². The monoisotopic (exact) mass is 335 g/mol. The van der Waals surface area contributed by atoms with Gasteiger partial charge in [0.15, 0.2) is 5.13 Å². The number of imidazole rings is 1. The third kappa shape index (κ3) is 5.12. The van der Waals surface area contributed by atoms with E-state index in [0.29, 0.717) is 11.6 Å². The molecule has 1 aliphatic heterocycles. The highest BCUT2D eigenvalue weighted by molar-refractivity contribution is 7.13. The molecule has 2 aromatic heterocycles. The molecule has 1 fully saturated rings. The number of hydrogen-bond donors (Lipinski definition) is 1. The lowest BCUT2D eigenvalue weighted by atomic mass is 10.3. The summed E-state index contributed by atoms with van der Waals surface area (Å²) in [6.45, 7) is 5.06. The van der Waals surface area contributed by atoms with E-state index in [-0.39, 0.29) is 5.91 Å². The van der Waals surface area contributed by atoms with Gasteiger partial charge in [0.2, 0.25) is 5.91 Å². The molecule has 0 bridgehead atoms. The number of morpholine rings is 1. The Balaban J connectivity index is 1.40. The number of nitrogens with one attached hydrogen (secondary N) is 1. The lowest BCUT2D eigenvalue weighted by molar-refractivity contribution is -0.116. The molecule has 8 heteroatoms. The minimum atomic E-state index is 0.0115. The topological polar surface area (TPSA) is 72.3 Å². The quantitative estimate of drug-likeness (QED) is 0.832. The Morgan fingerprint density at radius 2 is 2.26 bits per heavy atom. The van der Waals surface area contributed by atoms with Crippen molar-refractivity contribution >= 4 is 22.4 Å². The van der Waals surface area contributed by atoms with Crippen molar-refractivity contribution in [2.75, 3.05) is 31.6 Å². The van der Waals surface area contributed by atoms with E-state index < -0.39 is 0 Å². The van der Waals surface area contributed by atoms with E-state index in [0.717, 1.165) is 51.5 Å². The zero-order chi connectivity index (χ0) is 15.9. The number of ether oxygens (including phenoxy) is 1.